The van der Waals surface area contributed by atoms with Crippen molar-refractivity contribution in [3.05, 3.63) is 198 Å². The molecule has 2 aliphatic rings. The van der Waals surface area contributed by atoms with E-state index in [2.05, 4.69) is 150 Å². The summed E-state index contributed by atoms with van der Waals surface area (Å²) in [5.41, 5.74) is 17.3. The second kappa shape index (κ2) is 13.5. The van der Waals surface area contributed by atoms with Crippen LogP contribution in [0.2, 0.25) is 0 Å². The molecule has 0 atom stereocenters. The summed E-state index contributed by atoms with van der Waals surface area (Å²) < 4.78 is 0. The molecule has 0 unspecified atom stereocenters. The largest absolute Gasteiger partial charge is 0.508 e. The van der Waals surface area contributed by atoms with Gasteiger partial charge in [-0.15, -0.1) is 0 Å². The molecule has 5 heterocycles. The molecule has 0 radical (unpaired) electrons. The number of hydrogen-bond donors (Lipinski definition) is 3. The Labute approximate surface area is 318 Å². The van der Waals surface area contributed by atoms with E-state index in [1.807, 2.05) is 36.4 Å². The molecule has 0 spiro atoms. The van der Waals surface area contributed by atoms with E-state index in [9.17, 15) is 5.11 Å². The van der Waals surface area contributed by atoms with Gasteiger partial charge in [0.05, 0.1) is 22.8 Å². The molecular formula is C50H34N4O. The van der Waals surface area contributed by atoms with Crippen molar-refractivity contribution in [2.75, 3.05) is 0 Å². The number of phenolic OH excluding ortho intramolecular Hbond substituents is 1. The number of rotatable bonds is 5. The summed E-state index contributed by atoms with van der Waals surface area (Å²) in [6.45, 7) is 0. The lowest BCUT2D eigenvalue weighted by atomic mass is 9.95. The maximum absolute atomic E-state index is 10.3. The molecule has 10 rings (SSSR count). The first-order valence-corrected chi connectivity index (χ1v) is 18.4. The molecule has 0 aliphatic carbocycles. The van der Waals surface area contributed by atoms with Gasteiger partial charge in [-0.25, -0.2) is 9.97 Å². The predicted octanol–water partition coefficient (Wildman–Crippen LogP) is 12.4. The molecule has 5 aromatic carbocycles. The molecule has 260 valence electrons. The van der Waals surface area contributed by atoms with Crippen molar-refractivity contribution in [1.29, 1.82) is 0 Å². The van der Waals surface area contributed by atoms with Crippen LogP contribution < -0.4 is 0 Å². The number of aromatic nitrogens is 4. The Morgan fingerprint density at radius 3 is 1.16 bits per heavy atom. The van der Waals surface area contributed by atoms with Gasteiger partial charge in [-0.3, -0.25) is 0 Å². The van der Waals surface area contributed by atoms with Crippen LogP contribution in [-0.4, -0.2) is 25.0 Å². The van der Waals surface area contributed by atoms with E-state index in [0.717, 1.165) is 100 Å². The number of H-pyrrole nitrogens is 2. The zero-order valence-electron chi connectivity index (χ0n) is 29.7. The molecule has 8 bridgehead atoms. The summed E-state index contributed by atoms with van der Waals surface area (Å²) in [5.74, 6) is 0.214. The maximum Gasteiger partial charge on any atom is 0.115 e. The van der Waals surface area contributed by atoms with Crippen LogP contribution >= 0.6 is 0 Å². The van der Waals surface area contributed by atoms with Crippen molar-refractivity contribution in [2.24, 2.45) is 0 Å². The molecule has 0 saturated heterocycles. The number of fused-ring (bicyclic) bond motifs is 8. The van der Waals surface area contributed by atoms with Gasteiger partial charge in [0.1, 0.15) is 5.75 Å². The number of nitrogens with zero attached hydrogens (tertiary/aromatic N) is 2. The molecule has 55 heavy (non-hydrogen) atoms. The third kappa shape index (κ3) is 5.85. The van der Waals surface area contributed by atoms with Crippen molar-refractivity contribution in [3.63, 3.8) is 0 Å². The van der Waals surface area contributed by atoms with E-state index in [1.165, 1.54) is 0 Å². The van der Waals surface area contributed by atoms with Crippen LogP contribution in [0.3, 0.4) is 0 Å². The van der Waals surface area contributed by atoms with Gasteiger partial charge in [-0.1, -0.05) is 133 Å². The van der Waals surface area contributed by atoms with Crippen molar-refractivity contribution in [3.8, 4) is 50.3 Å². The third-order valence-corrected chi connectivity index (χ3v) is 10.3. The van der Waals surface area contributed by atoms with Crippen LogP contribution in [0.4, 0.5) is 0 Å². The zero-order chi connectivity index (χ0) is 36.7. The van der Waals surface area contributed by atoms with E-state index in [4.69, 9.17) is 9.97 Å². The molecule has 0 saturated carbocycles. The number of aromatic hydroxyl groups is 1. The summed E-state index contributed by atoms with van der Waals surface area (Å²) in [7, 11) is 0. The second-order valence-electron chi connectivity index (χ2n) is 13.7. The summed E-state index contributed by atoms with van der Waals surface area (Å²) >= 11 is 0. The second-order valence-corrected chi connectivity index (χ2v) is 13.7. The lowest BCUT2D eigenvalue weighted by Gasteiger charge is -2.10. The number of phenols is 1. The monoisotopic (exact) mass is 706 g/mol. The molecule has 5 nitrogen and oxygen atoms in total. The Morgan fingerprint density at radius 2 is 0.727 bits per heavy atom. The molecule has 3 aromatic heterocycles. The lowest BCUT2D eigenvalue weighted by molar-refractivity contribution is 0.475. The summed E-state index contributed by atoms with van der Waals surface area (Å²) in [6.07, 6.45) is 6.43. The highest BCUT2D eigenvalue weighted by molar-refractivity contribution is 6.05. The molecule has 0 amide bonds. The maximum atomic E-state index is 10.3. The Bertz CT molecular complexity index is 2940. The SMILES string of the molecule is Oc1ccc(C2=Cc3nc2c(-c2ccccc2)c2ccc([nH]2)c(-c2ccccc2)c2nc(c(-c4ccccc4)c4ccc([nH]4)c3-c3ccccc3)C=C2)cc1. The molecule has 8 aromatic rings. The van der Waals surface area contributed by atoms with Crippen LogP contribution in [0.1, 0.15) is 28.3 Å². The van der Waals surface area contributed by atoms with Crippen molar-refractivity contribution < 1.29 is 5.11 Å². The highest BCUT2D eigenvalue weighted by Gasteiger charge is 2.23. The van der Waals surface area contributed by atoms with Crippen LogP contribution in [0.5, 0.6) is 5.75 Å². The third-order valence-electron chi connectivity index (χ3n) is 10.3. The van der Waals surface area contributed by atoms with Gasteiger partial charge in [0.2, 0.25) is 0 Å². The normalized spacial score (nSPS) is 12.1. The van der Waals surface area contributed by atoms with Gasteiger partial charge in [0.15, 0.2) is 0 Å². The van der Waals surface area contributed by atoms with Gasteiger partial charge in [-0.05, 0) is 82.4 Å². The van der Waals surface area contributed by atoms with E-state index >= 15 is 0 Å². The smallest absolute Gasteiger partial charge is 0.115 e. The summed E-state index contributed by atoms with van der Waals surface area (Å²) in [6, 6.07) is 57.8. The van der Waals surface area contributed by atoms with Crippen LogP contribution in [0.25, 0.3) is 90.4 Å². The Balaban J connectivity index is 1.43. The first kappa shape index (κ1) is 32.2. The van der Waals surface area contributed by atoms with E-state index in [1.54, 1.807) is 12.1 Å². The summed E-state index contributed by atoms with van der Waals surface area (Å²) in [4.78, 5) is 18.7. The van der Waals surface area contributed by atoms with E-state index < -0.39 is 0 Å². The van der Waals surface area contributed by atoms with E-state index in [0.29, 0.717) is 0 Å². The number of aromatic amines is 2. The number of benzene rings is 5. The topological polar surface area (TPSA) is 77.6 Å². The van der Waals surface area contributed by atoms with Gasteiger partial charge >= 0.3 is 0 Å². The van der Waals surface area contributed by atoms with Gasteiger partial charge in [0, 0.05) is 49.9 Å². The van der Waals surface area contributed by atoms with Gasteiger partial charge < -0.3 is 15.1 Å². The fourth-order valence-corrected chi connectivity index (χ4v) is 7.78. The van der Waals surface area contributed by atoms with Crippen LogP contribution in [-0.2, 0) is 0 Å². The number of nitrogens with one attached hydrogen (secondary N) is 2. The van der Waals surface area contributed by atoms with E-state index in [-0.39, 0.29) is 5.75 Å². The van der Waals surface area contributed by atoms with Gasteiger partial charge in [-0.2, -0.15) is 0 Å². The van der Waals surface area contributed by atoms with Crippen LogP contribution in [0, 0.1) is 0 Å². The zero-order valence-corrected chi connectivity index (χ0v) is 29.7. The van der Waals surface area contributed by atoms with Crippen molar-refractivity contribution in [1.82, 2.24) is 19.9 Å². The standard InChI is InChI=1S/C50H34N4O/c55-37-23-21-32(22-24-37)38-31-45-48(35-17-9-3-10-18-35)43-28-27-41(52-43)46(33-13-5-1-6-14-33)39-25-26-40(51-39)47(34-15-7-2-8-16-34)42-29-30-44(53-42)49(50(38)54-45)36-19-11-4-12-20-36/h1-31,52-53,55H. The molecule has 0 fully saturated rings. The van der Waals surface area contributed by atoms with Crippen molar-refractivity contribution in [2.45, 2.75) is 0 Å². The Kier molecular flexibility index (Phi) is 7.89. The molecule has 3 N–H and O–H groups in total. The average molecular weight is 707 g/mol. The Hall–Kier alpha value is -7.50. The summed E-state index contributed by atoms with van der Waals surface area (Å²) in [5, 5.41) is 10.3. The average Bonchev–Trinajstić information content (AvgIpc) is 4.07. The fraction of sp³-hybridized carbons (Fsp3) is 0. The molecule has 5 heteroatoms. The quantitative estimate of drug-likeness (QED) is 0.167. The van der Waals surface area contributed by atoms with Crippen molar-refractivity contribution >= 4 is 45.9 Å². The lowest BCUT2D eigenvalue weighted by Crippen LogP contribution is -1.92. The molecular weight excluding hydrogens is 673 g/mol. The minimum absolute atomic E-state index is 0.214. The number of hydrogen-bond acceptors (Lipinski definition) is 3. The first-order valence-electron chi connectivity index (χ1n) is 18.4. The predicted molar refractivity (Wildman–Crippen MR) is 227 cm³/mol. The van der Waals surface area contributed by atoms with Gasteiger partial charge in [0.25, 0.3) is 0 Å². The van der Waals surface area contributed by atoms with Crippen LogP contribution in [0.15, 0.2) is 170 Å². The minimum Gasteiger partial charge on any atom is -0.508 e. The first-order chi connectivity index (χ1) is 27.2. The minimum atomic E-state index is 0.214. The molecule has 2 aliphatic heterocycles. The highest BCUT2D eigenvalue weighted by atomic mass is 16.3. The highest BCUT2D eigenvalue weighted by Crippen LogP contribution is 2.42. The Morgan fingerprint density at radius 1 is 0.345 bits per heavy atom. The fourth-order valence-electron chi connectivity index (χ4n) is 7.78.